The average molecular weight is 333 g/mol. The number of benzene rings is 1. The first-order valence-electron chi connectivity index (χ1n) is 5.13. The van der Waals surface area contributed by atoms with Crippen molar-refractivity contribution in [2.45, 2.75) is 18.4 Å². The molecule has 2 unspecified atom stereocenters. The lowest BCUT2D eigenvalue weighted by Crippen LogP contribution is -2.05. The summed E-state index contributed by atoms with van der Waals surface area (Å²) >= 11 is 2.28. The van der Waals surface area contributed by atoms with Gasteiger partial charge in [0.05, 0.1) is 17.6 Å². The first-order chi connectivity index (χ1) is 7.72. The first kappa shape index (κ1) is 11.8. The monoisotopic (exact) mass is 333 g/mol. The van der Waals surface area contributed by atoms with Gasteiger partial charge in [-0.25, -0.2) is 0 Å². The van der Waals surface area contributed by atoms with Gasteiger partial charge in [-0.3, -0.25) is 10.1 Å². The summed E-state index contributed by atoms with van der Waals surface area (Å²) in [6.45, 7) is 0.596. The third kappa shape index (κ3) is 2.35. The molecule has 1 saturated heterocycles. The molecule has 0 bridgehead atoms. The fourth-order valence-electron chi connectivity index (χ4n) is 2.03. The number of hydrogen-bond donors (Lipinski definition) is 0. The van der Waals surface area contributed by atoms with E-state index < -0.39 is 0 Å². The summed E-state index contributed by atoms with van der Waals surface area (Å²) in [6.07, 6.45) is 1.12. The van der Waals surface area contributed by atoms with Crippen LogP contribution >= 0.6 is 22.6 Å². The molecule has 1 heterocycles. The van der Waals surface area contributed by atoms with Crippen molar-refractivity contribution in [3.05, 3.63) is 39.9 Å². The molecule has 0 spiro atoms. The number of para-hydroxylation sites is 1. The summed E-state index contributed by atoms with van der Waals surface area (Å²) < 4.78 is 6.51. The Morgan fingerprint density at radius 3 is 2.88 bits per heavy atom. The van der Waals surface area contributed by atoms with Crippen molar-refractivity contribution in [3.63, 3.8) is 0 Å². The van der Waals surface area contributed by atoms with Gasteiger partial charge in [0.25, 0.3) is 5.69 Å². The number of nitro groups is 1. The predicted octanol–water partition coefficient (Wildman–Crippen LogP) is 2.90. The van der Waals surface area contributed by atoms with Gasteiger partial charge in [-0.2, -0.15) is 0 Å². The molecule has 16 heavy (non-hydrogen) atoms. The van der Waals surface area contributed by atoms with E-state index in [1.807, 2.05) is 12.1 Å². The van der Waals surface area contributed by atoms with Gasteiger partial charge >= 0.3 is 0 Å². The summed E-state index contributed by atoms with van der Waals surface area (Å²) in [6, 6.07) is 6.95. The van der Waals surface area contributed by atoms with Crippen LogP contribution in [0, 0.1) is 10.1 Å². The number of hydrogen-bond acceptors (Lipinski definition) is 3. The zero-order valence-corrected chi connectivity index (χ0v) is 10.8. The van der Waals surface area contributed by atoms with Crippen molar-refractivity contribution in [2.75, 3.05) is 11.0 Å². The Bertz CT molecular complexity index is 397. The lowest BCUT2D eigenvalue weighted by atomic mass is 9.95. The highest BCUT2D eigenvalue weighted by Gasteiger charge is 2.30. The van der Waals surface area contributed by atoms with E-state index in [4.69, 9.17) is 4.74 Å². The van der Waals surface area contributed by atoms with Crippen LogP contribution in [0.4, 0.5) is 5.69 Å². The minimum absolute atomic E-state index is 0.168. The number of alkyl halides is 1. The average Bonchev–Trinajstić information content (AvgIpc) is 2.77. The SMILES string of the molecule is O=[N+]([O-])c1ccccc1C1COC(CI)C1. The Balaban J connectivity index is 2.24. The fraction of sp³-hybridized carbons (Fsp3) is 0.455. The molecule has 86 valence electrons. The van der Waals surface area contributed by atoms with Crippen molar-refractivity contribution < 1.29 is 9.66 Å². The maximum atomic E-state index is 10.9. The van der Waals surface area contributed by atoms with Crippen LogP contribution in [0.1, 0.15) is 17.9 Å². The van der Waals surface area contributed by atoms with E-state index in [0.29, 0.717) is 6.61 Å². The van der Waals surface area contributed by atoms with E-state index in [1.165, 1.54) is 0 Å². The summed E-state index contributed by atoms with van der Waals surface area (Å²) in [4.78, 5) is 10.6. The Hall–Kier alpha value is -0.690. The molecular weight excluding hydrogens is 321 g/mol. The molecule has 0 radical (unpaired) electrons. The molecule has 5 heteroatoms. The molecule has 4 nitrogen and oxygen atoms in total. The van der Waals surface area contributed by atoms with Crippen LogP contribution in [0.15, 0.2) is 24.3 Å². The van der Waals surface area contributed by atoms with Gasteiger partial charge in [0.2, 0.25) is 0 Å². The van der Waals surface area contributed by atoms with Gasteiger partial charge in [-0.1, -0.05) is 40.8 Å². The number of halogens is 1. The van der Waals surface area contributed by atoms with Crippen LogP contribution in [0.5, 0.6) is 0 Å². The van der Waals surface area contributed by atoms with Gasteiger partial charge in [0.1, 0.15) is 0 Å². The maximum Gasteiger partial charge on any atom is 0.272 e. The highest BCUT2D eigenvalue weighted by Crippen LogP contribution is 2.35. The lowest BCUT2D eigenvalue weighted by Gasteiger charge is -2.08. The molecule has 1 aliphatic rings. The number of rotatable bonds is 3. The van der Waals surface area contributed by atoms with Crippen LogP contribution in [0.2, 0.25) is 0 Å². The topological polar surface area (TPSA) is 52.4 Å². The summed E-state index contributed by atoms with van der Waals surface area (Å²) in [7, 11) is 0. The Labute approximate surface area is 107 Å². The highest BCUT2D eigenvalue weighted by atomic mass is 127. The van der Waals surface area contributed by atoms with E-state index in [1.54, 1.807) is 12.1 Å². The molecule has 2 rings (SSSR count). The summed E-state index contributed by atoms with van der Waals surface area (Å²) in [5.41, 5.74) is 1.02. The number of ether oxygens (including phenoxy) is 1. The maximum absolute atomic E-state index is 10.9. The van der Waals surface area contributed by atoms with Gasteiger partial charge in [-0.15, -0.1) is 0 Å². The molecular formula is C11H12INO3. The second-order valence-electron chi connectivity index (χ2n) is 3.86. The van der Waals surface area contributed by atoms with Crippen molar-refractivity contribution in [2.24, 2.45) is 0 Å². The van der Waals surface area contributed by atoms with E-state index in [9.17, 15) is 10.1 Å². The minimum Gasteiger partial charge on any atom is -0.377 e. The fourth-order valence-corrected chi connectivity index (χ4v) is 2.64. The second kappa shape index (κ2) is 5.09. The van der Waals surface area contributed by atoms with Crippen LogP contribution in [0.25, 0.3) is 0 Å². The minimum atomic E-state index is -0.313. The molecule has 0 saturated carbocycles. The zero-order chi connectivity index (χ0) is 11.5. The Morgan fingerprint density at radius 1 is 1.50 bits per heavy atom. The molecule has 0 aromatic heterocycles. The first-order valence-corrected chi connectivity index (χ1v) is 6.65. The molecule has 2 atom stereocenters. The van der Waals surface area contributed by atoms with Crippen LogP contribution in [-0.2, 0) is 4.74 Å². The standard InChI is InChI=1S/C11H12INO3/c12-6-9-5-8(7-16-9)10-3-1-2-4-11(10)13(14)15/h1-4,8-9H,5-7H2. The molecule has 1 fully saturated rings. The van der Waals surface area contributed by atoms with Crippen molar-refractivity contribution in [1.82, 2.24) is 0 Å². The molecule has 0 aliphatic carbocycles. The number of nitrogens with zero attached hydrogens (tertiary/aromatic N) is 1. The largest absolute Gasteiger partial charge is 0.377 e. The smallest absolute Gasteiger partial charge is 0.272 e. The van der Waals surface area contributed by atoms with Crippen molar-refractivity contribution in [3.8, 4) is 0 Å². The van der Waals surface area contributed by atoms with Gasteiger partial charge in [0.15, 0.2) is 0 Å². The van der Waals surface area contributed by atoms with Gasteiger partial charge in [0, 0.05) is 22.0 Å². The zero-order valence-electron chi connectivity index (χ0n) is 8.64. The lowest BCUT2D eigenvalue weighted by molar-refractivity contribution is -0.385. The predicted molar refractivity (Wildman–Crippen MR) is 69.1 cm³/mol. The normalized spacial score (nSPS) is 24.6. The van der Waals surface area contributed by atoms with Crippen LogP contribution in [-0.4, -0.2) is 22.1 Å². The number of nitro benzene ring substituents is 1. The van der Waals surface area contributed by atoms with Gasteiger partial charge < -0.3 is 4.74 Å². The third-order valence-electron chi connectivity index (χ3n) is 2.83. The molecule has 1 aliphatic heterocycles. The van der Waals surface area contributed by atoms with E-state index in [-0.39, 0.29) is 22.6 Å². The van der Waals surface area contributed by atoms with E-state index in [0.717, 1.165) is 16.4 Å². The summed E-state index contributed by atoms with van der Waals surface area (Å²) in [5, 5.41) is 10.9. The van der Waals surface area contributed by atoms with E-state index >= 15 is 0 Å². The Kier molecular flexibility index (Phi) is 3.75. The highest BCUT2D eigenvalue weighted by molar-refractivity contribution is 14.1. The van der Waals surface area contributed by atoms with Crippen molar-refractivity contribution in [1.29, 1.82) is 0 Å². The third-order valence-corrected chi connectivity index (χ3v) is 3.81. The van der Waals surface area contributed by atoms with Crippen LogP contribution < -0.4 is 0 Å². The Morgan fingerprint density at radius 2 is 2.25 bits per heavy atom. The second-order valence-corrected chi connectivity index (χ2v) is 4.74. The van der Waals surface area contributed by atoms with Gasteiger partial charge in [-0.05, 0) is 6.42 Å². The molecule has 1 aromatic rings. The quantitative estimate of drug-likeness (QED) is 0.370. The van der Waals surface area contributed by atoms with E-state index in [2.05, 4.69) is 22.6 Å². The summed E-state index contributed by atoms with van der Waals surface area (Å²) in [5.74, 6) is 0.168. The van der Waals surface area contributed by atoms with Crippen LogP contribution in [0.3, 0.4) is 0 Å². The molecule has 0 N–H and O–H groups in total. The van der Waals surface area contributed by atoms with Crippen molar-refractivity contribution >= 4 is 28.3 Å². The molecule has 1 aromatic carbocycles. The molecule has 0 amide bonds.